The fourth-order valence-corrected chi connectivity index (χ4v) is 2.47. The Kier molecular flexibility index (Phi) is 6.46. The summed E-state index contributed by atoms with van der Waals surface area (Å²) in [6.45, 7) is 2.95. The second-order valence-electron chi connectivity index (χ2n) is 5.79. The predicted molar refractivity (Wildman–Crippen MR) is 102 cm³/mol. The Morgan fingerprint density at radius 3 is 2.54 bits per heavy atom. The summed E-state index contributed by atoms with van der Waals surface area (Å²) in [5, 5.41) is 6.86. The zero-order valence-corrected chi connectivity index (χ0v) is 15.5. The Labute approximate surface area is 161 Å². The van der Waals surface area contributed by atoms with Gasteiger partial charge >= 0.3 is 0 Å². The van der Waals surface area contributed by atoms with E-state index in [0.717, 1.165) is 10.4 Å². The minimum Gasteiger partial charge on any atom is -0.494 e. The standard InChI is InChI=1S/C20H21N3O5/c1-2-26-15-5-7-16(8-6-15)27-13-11-21-19(24)14-23-20(25)10-9-17(22-23)18-4-3-12-28-18/h3-10,12H,2,11,13-14H2,1H3,(H,21,24). The molecule has 8 heteroatoms. The molecule has 28 heavy (non-hydrogen) atoms. The number of ether oxygens (including phenoxy) is 2. The number of nitrogens with zero attached hydrogens (tertiary/aromatic N) is 2. The predicted octanol–water partition coefficient (Wildman–Crippen LogP) is 2.10. The fraction of sp³-hybridized carbons (Fsp3) is 0.250. The molecule has 0 bridgehead atoms. The van der Waals surface area contributed by atoms with Gasteiger partial charge < -0.3 is 19.2 Å². The Balaban J connectivity index is 1.47. The number of furan rings is 1. The van der Waals surface area contributed by atoms with Crippen molar-refractivity contribution in [1.29, 1.82) is 0 Å². The van der Waals surface area contributed by atoms with Crippen LogP contribution >= 0.6 is 0 Å². The molecule has 1 amide bonds. The molecule has 3 rings (SSSR count). The SMILES string of the molecule is CCOc1ccc(OCCNC(=O)Cn2nc(-c3ccco3)ccc2=O)cc1. The summed E-state index contributed by atoms with van der Waals surface area (Å²) in [6, 6.07) is 13.6. The lowest BCUT2D eigenvalue weighted by molar-refractivity contribution is -0.122. The van der Waals surface area contributed by atoms with E-state index in [4.69, 9.17) is 13.9 Å². The molecular weight excluding hydrogens is 362 g/mol. The first-order chi connectivity index (χ1) is 13.7. The molecule has 0 saturated heterocycles. The molecule has 0 radical (unpaired) electrons. The van der Waals surface area contributed by atoms with Crippen LogP contribution in [0.3, 0.4) is 0 Å². The minimum atomic E-state index is -0.365. The van der Waals surface area contributed by atoms with E-state index < -0.39 is 0 Å². The van der Waals surface area contributed by atoms with Gasteiger partial charge in [-0.15, -0.1) is 0 Å². The van der Waals surface area contributed by atoms with Crippen LogP contribution < -0.4 is 20.3 Å². The van der Waals surface area contributed by atoms with E-state index >= 15 is 0 Å². The summed E-state index contributed by atoms with van der Waals surface area (Å²) in [4.78, 5) is 24.0. The van der Waals surface area contributed by atoms with Crippen molar-refractivity contribution in [3.05, 3.63) is 65.1 Å². The zero-order chi connectivity index (χ0) is 19.8. The van der Waals surface area contributed by atoms with Crippen LogP contribution in [0.2, 0.25) is 0 Å². The van der Waals surface area contributed by atoms with E-state index in [1.807, 2.05) is 19.1 Å². The first kappa shape index (κ1) is 19.2. The maximum atomic E-state index is 12.1. The second kappa shape index (κ2) is 9.40. The highest BCUT2D eigenvalue weighted by molar-refractivity contribution is 5.75. The number of carbonyl (C=O) groups excluding carboxylic acids is 1. The monoisotopic (exact) mass is 383 g/mol. The van der Waals surface area contributed by atoms with Crippen molar-refractivity contribution < 1.29 is 18.7 Å². The van der Waals surface area contributed by atoms with E-state index in [9.17, 15) is 9.59 Å². The van der Waals surface area contributed by atoms with Crippen LogP contribution in [0.5, 0.6) is 11.5 Å². The largest absolute Gasteiger partial charge is 0.494 e. The average Bonchev–Trinajstić information content (AvgIpc) is 3.23. The molecule has 1 N–H and O–H groups in total. The third-order valence-corrected chi connectivity index (χ3v) is 3.76. The normalized spacial score (nSPS) is 10.5. The fourth-order valence-electron chi connectivity index (χ4n) is 2.47. The van der Waals surface area contributed by atoms with E-state index in [1.165, 1.54) is 12.3 Å². The first-order valence-corrected chi connectivity index (χ1v) is 8.90. The lowest BCUT2D eigenvalue weighted by Gasteiger charge is -2.09. The average molecular weight is 383 g/mol. The van der Waals surface area contributed by atoms with Crippen molar-refractivity contribution in [2.45, 2.75) is 13.5 Å². The van der Waals surface area contributed by atoms with Crippen LogP contribution in [-0.4, -0.2) is 35.4 Å². The quantitative estimate of drug-likeness (QED) is 0.569. The molecule has 0 fully saturated rings. The summed E-state index contributed by atoms with van der Waals surface area (Å²) in [7, 11) is 0. The third-order valence-electron chi connectivity index (χ3n) is 3.76. The highest BCUT2D eigenvalue weighted by Crippen LogP contribution is 2.17. The van der Waals surface area contributed by atoms with E-state index in [2.05, 4.69) is 10.4 Å². The Morgan fingerprint density at radius 1 is 1.11 bits per heavy atom. The third kappa shape index (κ3) is 5.23. The lowest BCUT2D eigenvalue weighted by atomic mass is 10.3. The van der Waals surface area contributed by atoms with E-state index in [1.54, 1.807) is 30.3 Å². The van der Waals surface area contributed by atoms with Crippen molar-refractivity contribution in [3.63, 3.8) is 0 Å². The summed E-state index contributed by atoms with van der Waals surface area (Å²) >= 11 is 0. The van der Waals surface area contributed by atoms with Crippen molar-refractivity contribution in [3.8, 4) is 23.0 Å². The van der Waals surface area contributed by atoms with Gasteiger partial charge in [-0.25, -0.2) is 4.68 Å². The van der Waals surface area contributed by atoms with Crippen LogP contribution in [0, 0.1) is 0 Å². The maximum Gasteiger partial charge on any atom is 0.267 e. The van der Waals surface area contributed by atoms with Gasteiger partial charge in [-0.3, -0.25) is 9.59 Å². The van der Waals surface area contributed by atoms with Gasteiger partial charge in [0.05, 0.1) is 19.4 Å². The van der Waals surface area contributed by atoms with E-state index in [0.29, 0.717) is 37.0 Å². The molecule has 0 unspecified atom stereocenters. The van der Waals surface area contributed by atoms with Gasteiger partial charge in [0.15, 0.2) is 5.76 Å². The van der Waals surface area contributed by atoms with Gasteiger partial charge in [0.2, 0.25) is 5.91 Å². The van der Waals surface area contributed by atoms with Gasteiger partial charge in [0, 0.05) is 6.07 Å². The lowest BCUT2D eigenvalue weighted by Crippen LogP contribution is -2.35. The molecule has 0 aliphatic heterocycles. The van der Waals surface area contributed by atoms with Gasteiger partial charge in [-0.2, -0.15) is 5.10 Å². The number of rotatable bonds is 9. The van der Waals surface area contributed by atoms with Crippen LogP contribution in [0.25, 0.3) is 11.5 Å². The summed E-state index contributed by atoms with van der Waals surface area (Å²) in [6.07, 6.45) is 1.52. The van der Waals surface area contributed by atoms with Crippen molar-refractivity contribution >= 4 is 5.91 Å². The van der Waals surface area contributed by atoms with Crippen molar-refractivity contribution in [2.75, 3.05) is 19.8 Å². The Morgan fingerprint density at radius 2 is 1.86 bits per heavy atom. The molecule has 0 aliphatic carbocycles. The highest BCUT2D eigenvalue weighted by Gasteiger charge is 2.09. The number of nitrogens with one attached hydrogen (secondary N) is 1. The van der Waals surface area contributed by atoms with Crippen LogP contribution in [0.1, 0.15) is 6.92 Å². The molecular formula is C20H21N3O5. The molecule has 0 atom stereocenters. The van der Waals surface area contributed by atoms with Gasteiger partial charge in [0.1, 0.15) is 30.3 Å². The highest BCUT2D eigenvalue weighted by atomic mass is 16.5. The molecule has 3 aromatic rings. The van der Waals surface area contributed by atoms with Gasteiger partial charge in [-0.1, -0.05) is 0 Å². The smallest absolute Gasteiger partial charge is 0.267 e. The first-order valence-electron chi connectivity index (χ1n) is 8.90. The number of hydrogen-bond donors (Lipinski definition) is 1. The molecule has 146 valence electrons. The van der Waals surface area contributed by atoms with Crippen molar-refractivity contribution in [2.24, 2.45) is 0 Å². The Bertz CT molecular complexity index is 949. The zero-order valence-electron chi connectivity index (χ0n) is 15.5. The molecule has 0 spiro atoms. The molecule has 8 nitrogen and oxygen atoms in total. The van der Waals surface area contributed by atoms with Crippen LogP contribution in [0.4, 0.5) is 0 Å². The van der Waals surface area contributed by atoms with Gasteiger partial charge in [-0.05, 0) is 49.4 Å². The Hall–Kier alpha value is -3.55. The number of carbonyl (C=O) groups is 1. The minimum absolute atomic E-state index is 0.184. The summed E-state index contributed by atoms with van der Waals surface area (Å²) in [5.41, 5.74) is 0.118. The molecule has 2 aromatic heterocycles. The maximum absolute atomic E-state index is 12.1. The van der Waals surface area contributed by atoms with Crippen LogP contribution in [-0.2, 0) is 11.3 Å². The topological polar surface area (TPSA) is 95.6 Å². The second-order valence-corrected chi connectivity index (χ2v) is 5.79. The van der Waals surface area contributed by atoms with Crippen LogP contribution in [0.15, 0.2) is 64.0 Å². The number of aromatic nitrogens is 2. The summed E-state index contributed by atoms with van der Waals surface area (Å²) < 4.78 is 17.3. The number of benzene rings is 1. The molecule has 0 saturated carbocycles. The van der Waals surface area contributed by atoms with Crippen molar-refractivity contribution in [1.82, 2.24) is 15.1 Å². The number of amides is 1. The van der Waals surface area contributed by atoms with Gasteiger partial charge in [0.25, 0.3) is 5.56 Å². The molecule has 1 aromatic carbocycles. The number of hydrogen-bond acceptors (Lipinski definition) is 6. The summed E-state index contributed by atoms with van der Waals surface area (Å²) in [5.74, 6) is 1.65. The van der Waals surface area contributed by atoms with E-state index in [-0.39, 0.29) is 18.0 Å². The molecule has 2 heterocycles. The molecule has 0 aliphatic rings.